The summed E-state index contributed by atoms with van der Waals surface area (Å²) in [5.74, 6) is -0.281. The molecule has 0 saturated heterocycles. The van der Waals surface area contributed by atoms with E-state index >= 15 is 0 Å². The van der Waals surface area contributed by atoms with Crippen LogP contribution in [0.3, 0.4) is 0 Å². The highest BCUT2D eigenvalue weighted by Gasteiger charge is 2.03. The SMILES string of the molecule is Cl.Cl.Cl.O=Cc1cncc(NCc2ccc(Br)cc2F)c1. The maximum atomic E-state index is 13.6. The molecule has 0 radical (unpaired) electrons. The highest BCUT2D eigenvalue weighted by Crippen LogP contribution is 2.16. The van der Waals surface area contributed by atoms with Gasteiger partial charge in [-0.1, -0.05) is 22.0 Å². The number of halogens is 5. The third-order valence-corrected chi connectivity index (χ3v) is 2.89. The van der Waals surface area contributed by atoms with Crippen LogP contribution in [0.15, 0.2) is 41.1 Å². The topological polar surface area (TPSA) is 42.0 Å². The van der Waals surface area contributed by atoms with Crippen LogP contribution in [0.1, 0.15) is 15.9 Å². The molecule has 21 heavy (non-hydrogen) atoms. The molecule has 0 unspecified atom stereocenters. The maximum Gasteiger partial charge on any atom is 0.151 e. The van der Waals surface area contributed by atoms with Gasteiger partial charge in [0.15, 0.2) is 6.29 Å². The third-order valence-electron chi connectivity index (χ3n) is 2.39. The van der Waals surface area contributed by atoms with Crippen molar-refractivity contribution in [1.82, 2.24) is 4.98 Å². The Labute approximate surface area is 149 Å². The zero-order valence-corrected chi connectivity index (χ0v) is 14.6. The van der Waals surface area contributed by atoms with Gasteiger partial charge in [0.25, 0.3) is 0 Å². The number of rotatable bonds is 4. The zero-order chi connectivity index (χ0) is 13.0. The number of pyridine rings is 1. The summed E-state index contributed by atoms with van der Waals surface area (Å²) in [6.07, 6.45) is 3.78. The first-order valence-electron chi connectivity index (χ1n) is 5.27. The van der Waals surface area contributed by atoms with Crippen molar-refractivity contribution in [2.24, 2.45) is 0 Å². The van der Waals surface area contributed by atoms with E-state index in [1.165, 1.54) is 12.3 Å². The molecule has 0 aliphatic carbocycles. The summed E-state index contributed by atoms with van der Waals surface area (Å²) >= 11 is 3.20. The maximum absolute atomic E-state index is 13.6. The fourth-order valence-electron chi connectivity index (χ4n) is 1.48. The van der Waals surface area contributed by atoms with E-state index in [1.54, 1.807) is 24.4 Å². The molecule has 2 rings (SSSR count). The highest BCUT2D eigenvalue weighted by molar-refractivity contribution is 9.10. The van der Waals surface area contributed by atoms with Crippen molar-refractivity contribution in [3.63, 3.8) is 0 Å². The van der Waals surface area contributed by atoms with Gasteiger partial charge in [0.05, 0.1) is 5.69 Å². The van der Waals surface area contributed by atoms with Gasteiger partial charge in [-0.3, -0.25) is 9.78 Å². The van der Waals surface area contributed by atoms with Gasteiger partial charge < -0.3 is 5.32 Å². The Kier molecular flexibility index (Phi) is 11.5. The van der Waals surface area contributed by atoms with Crippen LogP contribution >= 0.6 is 53.2 Å². The Bertz CT molecular complexity index is 587. The Morgan fingerprint density at radius 3 is 2.52 bits per heavy atom. The minimum atomic E-state index is -0.281. The number of aromatic nitrogens is 1. The first-order chi connectivity index (χ1) is 8.69. The summed E-state index contributed by atoms with van der Waals surface area (Å²) in [7, 11) is 0. The molecule has 2 aromatic rings. The molecule has 0 aliphatic rings. The van der Waals surface area contributed by atoms with Crippen molar-refractivity contribution in [1.29, 1.82) is 0 Å². The van der Waals surface area contributed by atoms with Crippen LogP contribution in [0.25, 0.3) is 0 Å². The van der Waals surface area contributed by atoms with Crippen molar-refractivity contribution in [3.8, 4) is 0 Å². The fraction of sp³-hybridized carbons (Fsp3) is 0.0769. The van der Waals surface area contributed by atoms with E-state index in [4.69, 9.17) is 0 Å². The second-order valence-electron chi connectivity index (χ2n) is 3.71. The minimum Gasteiger partial charge on any atom is -0.380 e. The predicted molar refractivity (Wildman–Crippen MR) is 92.8 cm³/mol. The van der Waals surface area contributed by atoms with Crippen molar-refractivity contribution in [2.75, 3.05) is 5.32 Å². The fourth-order valence-corrected chi connectivity index (χ4v) is 1.81. The Morgan fingerprint density at radius 1 is 1.19 bits per heavy atom. The normalized spacial score (nSPS) is 8.67. The first-order valence-corrected chi connectivity index (χ1v) is 6.06. The van der Waals surface area contributed by atoms with Gasteiger partial charge in [0, 0.05) is 34.5 Å². The zero-order valence-electron chi connectivity index (χ0n) is 10.6. The molecular weight excluding hydrogens is 405 g/mol. The number of nitrogens with zero attached hydrogens (tertiary/aromatic N) is 1. The van der Waals surface area contributed by atoms with Crippen LogP contribution in [-0.2, 0) is 6.54 Å². The van der Waals surface area contributed by atoms with Crippen LogP contribution in [-0.4, -0.2) is 11.3 Å². The largest absolute Gasteiger partial charge is 0.380 e. The van der Waals surface area contributed by atoms with Gasteiger partial charge in [-0.2, -0.15) is 0 Å². The van der Waals surface area contributed by atoms with Gasteiger partial charge in [0.1, 0.15) is 5.82 Å². The van der Waals surface area contributed by atoms with Gasteiger partial charge in [0.2, 0.25) is 0 Å². The molecule has 0 aliphatic heterocycles. The van der Waals surface area contributed by atoms with Crippen molar-refractivity contribution in [3.05, 3.63) is 58.1 Å². The van der Waals surface area contributed by atoms with Crippen LogP contribution in [0.4, 0.5) is 10.1 Å². The number of carbonyl (C=O) groups excluding carboxylic acids is 1. The number of benzene rings is 1. The minimum absolute atomic E-state index is 0. The van der Waals surface area contributed by atoms with E-state index in [1.807, 2.05) is 0 Å². The number of carbonyl (C=O) groups is 1. The standard InChI is InChI=1S/C13H10BrFN2O.3ClH/c14-11-2-1-10(13(15)4-11)6-17-12-3-9(8-18)5-16-7-12;;;/h1-5,7-8,17H,6H2;3*1H. The van der Waals surface area contributed by atoms with Gasteiger partial charge in [-0.05, 0) is 18.2 Å². The first kappa shape index (κ1) is 22.4. The molecule has 0 fully saturated rings. The third kappa shape index (κ3) is 6.61. The number of nitrogens with one attached hydrogen (secondary N) is 1. The van der Waals surface area contributed by atoms with E-state index in [2.05, 4.69) is 26.2 Å². The van der Waals surface area contributed by atoms with E-state index in [0.29, 0.717) is 27.8 Å². The van der Waals surface area contributed by atoms with Crippen LogP contribution in [0, 0.1) is 5.82 Å². The van der Waals surface area contributed by atoms with Gasteiger partial charge >= 0.3 is 0 Å². The summed E-state index contributed by atoms with van der Waals surface area (Å²) in [6.45, 7) is 0.336. The van der Waals surface area contributed by atoms with E-state index in [9.17, 15) is 9.18 Å². The smallest absolute Gasteiger partial charge is 0.151 e. The van der Waals surface area contributed by atoms with Crippen molar-refractivity contribution >= 4 is 65.1 Å². The average Bonchev–Trinajstić information content (AvgIpc) is 2.38. The monoisotopic (exact) mass is 416 g/mol. The summed E-state index contributed by atoms with van der Waals surface area (Å²) in [5.41, 5.74) is 1.72. The lowest BCUT2D eigenvalue weighted by molar-refractivity contribution is 0.112. The average molecular weight is 419 g/mol. The lowest BCUT2D eigenvalue weighted by atomic mass is 10.2. The summed E-state index contributed by atoms with van der Waals surface area (Å²) in [6, 6.07) is 6.55. The molecule has 0 bridgehead atoms. The molecule has 8 heteroatoms. The summed E-state index contributed by atoms with van der Waals surface area (Å²) in [4.78, 5) is 14.5. The number of anilines is 1. The highest BCUT2D eigenvalue weighted by atomic mass is 79.9. The van der Waals surface area contributed by atoms with Gasteiger partial charge in [-0.25, -0.2) is 4.39 Å². The van der Waals surface area contributed by atoms with E-state index in [-0.39, 0.29) is 43.0 Å². The molecule has 0 saturated carbocycles. The molecule has 1 aromatic carbocycles. The Balaban J connectivity index is 0. The molecule has 1 N–H and O–H groups in total. The van der Waals surface area contributed by atoms with E-state index in [0.717, 1.165) is 6.29 Å². The molecule has 1 aromatic heterocycles. The number of hydrogen-bond donors (Lipinski definition) is 1. The molecule has 0 spiro atoms. The molecule has 3 nitrogen and oxygen atoms in total. The molecule has 1 heterocycles. The van der Waals surface area contributed by atoms with Crippen molar-refractivity contribution < 1.29 is 9.18 Å². The molecule has 0 atom stereocenters. The Hall–Kier alpha value is -0.880. The molecular formula is C13H13BrCl3FN2O. The lowest BCUT2D eigenvalue weighted by Crippen LogP contribution is -2.02. The summed E-state index contributed by atoms with van der Waals surface area (Å²) < 4.78 is 14.3. The van der Waals surface area contributed by atoms with Crippen LogP contribution in [0.2, 0.25) is 0 Å². The Morgan fingerprint density at radius 2 is 1.90 bits per heavy atom. The number of hydrogen-bond acceptors (Lipinski definition) is 3. The van der Waals surface area contributed by atoms with Gasteiger partial charge in [-0.15, -0.1) is 37.2 Å². The van der Waals surface area contributed by atoms with E-state index < -0.39 is 0 Å². The van der Waals surface area contributed by atoms with Crippen molar-refractivity contribution in [2.45, 2.75) is 6.54 Å². The second-order valence-corrected chi connectivity index (χ2v) is 4.63. The second kappa shape index (κ2) is 10.8. The molecule has 116 valence electrons. The lowest BCUT2D eigenvalue weighted by Gasteiger charge is -2.07. The van der Waals surface area contributed by atoms with Crippen LogP contribution < -0.4 is 5.32 Å². The quantitative estimate of drug-likeness (QED) is 0.734. The molecule has 0 amide bonds. The number of aldehydes is 1. The summed E-state index contributed by atoms with van der Waals surface area (Å²) in [5, 5.41) is 3.02. The van der Waals surface area contributed by atoms with Crippen LogP contribution in [0.5, 0.6) is 0 Å². The predicted octanol–water partition coefficient (Wildman–Crippen LogP) is 4.67.